The summed E-state index contributed by atoms with van der Waals surface area (Å²) in [6, 6.07) is 10.3. The molecule has 1 aliphatic heterocycles. The predicted molar refractivity (Wildman–Crippen MR) is 107 cm³/mol. The number of rotatable bonds is 5. The highest BCUT2D eigenvalue weighted by Gasteiger charge is 2.20. The number of anilines is 2. The minimum absolute atomic E-state index is 0.0412. The number of benzene rings is 1. The van der Waals surface area contributed by atoms with Crippen LogP contribution in [0.15, 0.2) is 36.5 Å². The largest absolute Gasteiger partial charge is 0.354 e. The number of amides is 1. The number of aromatic nitrogens is 1. The molecule has 4 heteroatoms. The Morgan fingerprint density at radius 1 is 1.00 bits per heavy atom. The normalized spacial score (nSPS) is 14.3. The van der Waals surface area contributed by atoms with Crippen LogP contribution in [0.5, 0.6) is 0 Å². The van der Waals surface area contributed by atoms with E-state index in [1.54, 1.807) is 6.20 Å². The summed E-state index contributed by atoms with van der Waals surface area (Å²) in [5.41, 5.74) is 5.21. The Balaban J connectivity index is 1.84. The fourth-order valence-electron chi connectivity index (χ4n) is 3.52. The van der Waals surface area contributed by atoms with Gasteiger partial charge in [0.1, 0.15) is 5.69 Å². The molecule has 0 spiro atoms. The summed E-state index contributed by atoms with van der Waals surface area (Å²) in [6.07, 6.45) is 3.95. The molecule has 1 saturated heterocycles. The molecule has 1 fully saturated rings. The van der Waals surface area contributed by atoms with Crippen molar-refractivity contribution in [2.45, 2.75) is 52.4 Å². The number of likely N-dealkylation sites (tertiary alicyclic amines) is 1. The summed E-state index contributed by atoms with van der Waals surface area (Å²) < 4.78 is 0. The van der Waals surface area contributed by atoms with E-state index >= 15 is 0 Å². The molecule has 4 nitrogen and oxygen atoms in total. The third-order valence-electron chi connectivity index (χ3n) is 5.02. The summed E-state index contributed by atoms with van der Waals surface area (Å²) in [5.74, 6) is 0.903. The van der Waals surface area contributed by atoms with E-state index in [9.17, 15) is 4.79 Å². The maximum atomic E-state index is 12.4. The van der Waals surface area contributed by atoms with Crippen molar-refractivity contribution in [2.75, 3.05) is 18.4 Å². The molecule has 2 heterocycles. The highest BCUT2D eigenvalue weighted by molar-refractivity contribution is 5.92. The van der Waals surface area contributed by atoms with Crippen molar-refractivity contribution in [1.29, 1.82) is 0 Å². The van der Waals surface area contributed by atoms with E-state index in [0.29, 0.717) is 17.5 Å². The molecule has 0 saturated carbocycles. The molecule has 1 N–H and O–H groups in total. The topological polar surface area (TPSA) is 45.2 Å². The van der Waals surface area contributed by atoms with Crippen molar-refractivity contribution in [3.05, 3.63) is 53.3 Å². The number of hydrogen-bond acceptors (Lipinski definition) is 3. The Morgan fingerprint density at radius 3 is 2.12 bits per heavy atom. The maximum absolute atomic E-state index is 12.4. The van der Waals surface area contributed by atoms with Crippen LogP contribution in [-0.2, 0) is 0 Å². The van der Waals surface area contributed by atoms with Gasteiger partial charge in [-0.05, 0) is 47.9 Å². The third kappa shape index (κ3) is 3.90. The molecule has 0 bridgehead atoms. The Labute approximate surface area is 156 Å². The van der Waals surface area contributed by atoms with E-state index in [1.165, 1.54) is 11.1 Å². The van der Waals surface area contributed by atoms with E-state index in [0.717, 1.165) is 37.3 Å². The zero-order chi connectivity index (χ0) is 18.7. The number of carbonyl (C=O) groups excluding carboxylic acids is 1. The van der Waals surface area contributed by atoms with E-state index in [4.69, 9.17) is 0 Å². The van der Waals surface area contributed by atoms with Crippen LogP contribution in [0, 0.1) is 0 Å². The highest BCUT2D eigenvalue weighted by Crippen LogP contribution is 2.34. The smallest absolute Gasteiger partial charge is 0.272 e. The molecule has 1 amide bonds. The second-order valence-corrected chi connectivity index (χ2v) is 7.68. The lowest BCUT2D eigenvalue weighted by Gasteiger charge is -2.21. The van der Waals surface area contributed by atoms with Gasteiger partial charge in [0, 0.05) is 18.8 Å². The number of hydrogen-bond donors (Lipinski definition) is 1. The lowest BCUT2D eigenvalue weighted by atomic mass is 9.92. The molecule has 1 aromatic carbocycles. The van der Waals surface area contributed by atoms with Crippen LogP contribution < -0.4 is 5.32 Å². The molecule has 3 rings (SSSR count). The van der Waals surface area contributed by atoms with E-state index in [2.05, 4.69) is 56.2 Å². The van der Waals surface area contributed by atoms with Crippen LogP contribution in [0.4, 0.5) is 11.4 Å². The molecule has 2 aromatic rings. The van der Waals surface area contributed by atoms with Crippen molar-refractivity contribution in [3.8, 4) is 0 Å². The number of carbonyl (C=O) groups is 1. The molecule has 0 unspecified atom stereocenters. The first-order valence-electron chi connectivity index (χ1n) is 9.62. The van der Waals surface area contributed by atoms with Crippen LogP contribution in [0.25, 0.3) is 0 Å². The van der Waals surface area contributed by atoms with Crippen molar-refractivity contribution in [2.24, 2.45) is 0 Å². The summed E-state index contributed by atoms with van der Waals surface area (Å²) in [7, 11) is 0. The van der Waals surface area contributed by atoms with Gasteiger partial charge < -0.3 is 10.2 Å². The zero-order valence-corrected chi connectivity index (χ0v) is 16.2. The predicted octanol–water partition coefficient (Wildman–Crippen LogP) is 5.31. The monoisotopic (exact) mass is 351 g/mol. The standard InChI is InChI=1S/C22H29N3O/c1-15(2)18-8-7-9-19(16(3)4)21(18)24-17-10-11-20(23-14-17)22(26)25-12-5-6-13-25/h7-11,14-16,24H,5-6,12-13H2,1-4H3. The maximum Gasteiger partial charge on any atom is 0.272 e. The second kappa shape index (κ2) is 7.90. The molecular formula is C22H29N3O. The van der Waals surface area contributed by atoms with Gasteiger partial charge in [-0.3, -0.25) is 4.79 Å². The minimum atomic E-state index is 0.0412. The number of para-hydroxylation sites is 1. The Kier molecular flexibility index (Phi) is 5.60. The van der Waals surface area contributed by atoms with Gasteiger partial charge in [0.25, 0.3) is 5.91 Å². The van der Waals surface area contributed by atoms with Gasteiger partial charge in [-0.25, -0.2) is 4.98 Å². The molecule has 0 atom stereocenters. The highest BCUT2D eigenvalue weighted by atomic mass is 16.2. The average molecular weight is 351 g/mol. The first-order chi connectivity index (χ1) is 12.5. The van der Waals surface area contributed by atoms with E-state index in [1.807, 2.05) is 17.0 Å². The third-order valence-corrected chi connectivity index (χ3v) is 5.02. The average Bonchev–Trinajstić information content (AvgIpc) is 3.16. The number of nitrogens with zero attached hydrogens (tertiary/aromatic N) is 2. The summed E-state index contributed by atoms with van der Waals surface area (Å²) >= 11 is 0. The van der Waals surface area contributed by atoms with Crippen LogP contribution in [0.3, 0.4) is 0 Å². The number of pyridine rings is 1. The van der Waals surface area contributed by atoms with Crippen LogP contribution in [-0.4, -0.2) is 28.9 Å². The van der Waals surface area contributed by atoms with Gasteiger partial charge in [0.05, 0.1) is 11.9 Å². The van der Waals surface area contributed by atoms with E-state index < -0.39 is 0 Å². The van der Waals surface area contributed by atoms with Crippen LogP contribution >= 0.6 is 0 Å². The zero-order valence-electron chi connectivity index (χ0n) is 16.2. The van der Waals surface area contributed by atoms with Gasteiger partial charge in [-0.15, -0.1) is 0 Å². The molecule has 0 radical (unpaired) electrons. The molecular weight excluding hydrogens is 322 g/mol. The fraction of sp³-hybridized carbons (Fsp3) is 0.455. The van der Waals surface area contributed by atoms with Crippen molar-refractivity contribution >= 4 is 17.3 Å². The van der Waals surface area contributed by atoms with Gasteiger partial charge in [-0.1, -0.05) is 45.9 Å². The molecule has 1 aromatic heterocycles. The van der Waals surface area contributed by atoms with Gasteiger partial charge in [0.2, 0.25) is 0 Å². The summed E-state index contributed by atoms with van der Waals surface area (Å²) in [4.78, 5) is 18.8. The quantitative estimate of drug-likeness (QED) is 0.794. The SMILES string of the molecule is CC(C)c1cccc(C(C)C)c1Nc1ccc(C(=O)N2CCCC2)nc1. The first kappa shape index (κ1) is 18.4. The van der Waals surface area contributed by atoms with Crippen LogP contribution in [0.2, 0.25) is 0 Å². The van der Waals surface area contributed by atoms with Crippen LogP contribution in [0.1, 0.15) is 74.0 Å². The fourth-order valence-corrected chi connectivity index (χ4v) is 3.52. The molecule has 26 heavy (non-hydrogen) atoms. The molecule has 1 aliphatic rings. The minimum Gasteiger partial charge on any atom is -0.354 e. The van der Waals surface area contributed by atoms with Gasteiger partial charge in [0.15, 0.2) is 0 Å². The second-order valence-electron chi connectivity index (χ2n) is 7.68. The van der Waals surface area contributed by atoms with Gasteiger partial charge >= 0.3 is 0 Å². The summed E-state index contributed by atoms with van der Waals surface area (Å²) in [6.45, 7) is 10.5. The summed E-state index contributed by atoms with van der Waals surface area (Å²) in [5, 5.41) is 3.55. The van der Waals surface area contributed by atoms with Crippen molar-refractivity contribution < 1.29 is 4.79 Å². The Morgan fingerprint density at radius 2 is 1.62 bits per heavy atom. The number of nitrogens with one attached hydrogen (secondary N) is 1. The lowest BCUT2D eigenvalue weighted by Crippen LogP contribution is -2.28. The van der Waals surface area contributed by atoms with Crippen molar-refractivity contribution in [3.63, 3.8) is 0 Å². The molecule has 0 aliphatic carbocycles. The molecule has 138 valence electrons. The Hall–Kier alpha value is -2.36. The van der Waals surface area contributed by atoms with Gasteiger partial charge in [-0.2, -0.15) is 0 Å². The van der Waals surface area contributed by atoms with Crippen molar-refractivity contribution in [1.82, 2.24) is 9.88 Å². The first-order valence-corrected chi connectivity index (χ1v) is 9.62. The Bertz CT molecular complexity index is 733. The van der Waals surface area contributed by atoms with E-state index in [-0.39, 0.29) is 5.91 Å². The lowest BCUT2D eigenvalue weighted by molar-refractivity contribution is 0.0787.